The van der Waals surface area contributed by atoms with Crippen molar-refractivity contribution < 1.29 is 27.8 Å². The number of likely N-dealkylation sites (N-methyl/N-ethyl adjacent to an activating group) is 1. The number of halogens is 3. The first kappa shape index (κ1) is 16.2. The van der Waals surface area contributed by atoms with Crippen molar-refractivity contribution in [1.29, 1.82) is 0 Å². The van der Waals surface area contributed by atoms with Crippen LogP contribution in [0.1, 0.15) is 6.42 Å². The monoisotopic (exact) mass is 284 g/mol. The highest BCUT2D eigenvalue weighted by Gasteiger charge is 2.35. The molecule has 0 aromatic rings. The molecule has 5 nitrogen and oxygen atoms in total. The van der Waals surface area contributed by atoms with E-state index < -0.39 is 18.6 Å². The minimum atomic E-state index is -4.40. The van der Waals surface area contributed by atoms with Gasteiger partial charge in [-0.25, -0.2) is 0 Å². The molecule has 2 atom stereocenters. The van der Waals surface area contributed by atoms with Crippen molar-refractivity contribution in [3.63, 3.8) is 0 Å². The fourth-order valence-electron chi connectivity index (χ4n) is 2.14. The Hall–Kier alpha value is -0.860. The number of carbonyl (C=O) groups is 1. The Balaban J connectivity index is 2.51. The molecule has 1 aliphatic rings. The third-order valence-corrected chi connectivity index (χ3v) is 3.21. The van der Waals surface area contributed by atoms with E-state index in [9.17, 15) is 23.1 Å². The molecule has 1 aliphatic heterocycles. The van der Waals surface area contributed by atoms with Crippen LogP contribution in [0.25, 0.3) is 0 Å². The number of methoxy groups -OCH3 is 1. The SMILES string of the molecule is CO[C@H]1C[C@@H](CO)N(CC(=O)N(C)CC(F)(F)F)C1. The van der Waals surface area contributed by atoms with Gasteiger partial charge in [0, 0.05) is 26.7 Å². The molecule has 8 heteroatoms. The van der Waals surface area contributed by atoms with Crippen molar-refractivity contribution in [3.8, 4) is 0 Å². The van der Waals surface area contributed by atoms with Gasteiger partial charge in [-0.05, 0) is 6.42 Å². The molecule has 1 heterocycles. The van der Waals surface area contributed by atoms with Crippen molar-refractivity contribution in [3.05, 3.63) is 0 Å². The molecule has 1 N–H and O–H groups in total. The van der Waals surface area contributed by atoms with Crippen LogP contribution in [0.15, 0.2) is 0 Å². The quantitative estimate of drug-likeness (QED) is 0.777. The summed E-state index contributed by atoms with van der Waals surface area (Å²) >= 11 is 0. The zero-order valence-corrected chi connectivity index (χ0v) is 11.0. The van der Waals surface area contributed by atoms with Crippen LogP contribution < -0.4 is 0 Å². The van der Waals surface area contributed by atoms with Crippen LogP contribution in [-0.4, -0.2) is 79.5 Å². The molecule has 0 unspecified atom stereocenters. The first-order chi connectivity index (χ1) is 8.76. The number of ether oxygens (including phenoxy) is 1. The van der Waals surface area contributed by atoms with Gasteiger partial charge in [0.1, 0.15) is 6.54 Å². The van der Waals surface area contributed by atoms with E-state index in [4.69, 9.17) is 4.74 Å². The molecule has 1 fully saturated rings. The summed E-state index contributed by atoms with van der Waals surface area (Å²) in [7, 11) is 2.65. The highest BCUT2D eigenvalue weighted by Crippen LogP contribution is 2.20. The van der Waals surface area contributed by atoms with Gasteiger partial charge in [0.25, 0.3) is 0 Å². The molecule has 0 saturated carbocycles. The lowest BCUT2D eigenvalue weighted by Gasteiger charge is -2.25. The van der Waals surface area contributed by atoms with Crippen molar-refractivity contribution >= 4 is 5.91 Å². The molecule has 0 bridgehead atoms. The molecule has 0 radical (unpaired) electrons. The second kappa shape index (κ2) is 6.53. The van der Waals surface area contributed by atoms with Crippen LogP contribution >= 0.6 is 0 Å². The Morgan fingerprint density at radius 1 is 1.53 bits per heavy atom. The third kappa shape index (κ3) is 4.96. The maximum Gasteiger partial charge on any atom is 0.406 e. The molecular formula is C11H19F3N2O3. The van der Waals surface area contributed by atoms with Crippen LogP contribution in [0.2, 0.25) is 0 Å². The van der Waals surface area contributed by atoms with Gasteiger partial charge in [-0.2, -0.15) is 13.2 Å². The predicted octanol–water partition coefficient (Wildman–Crippen LogP) is 0.0887. The number of alkyl halides is 3. The number of aliphatic hydroxyl groups excluding tert-OH is 1. The first-order valence-electron chi connectivity index (χ1n) is 5.95. The largest absolute Gasteiger partial charge is 0.406 e. The van der Waals surface area contributed by atoms with Crippen LogP contribution in [0.3, 0.4) is 0 Å². The highest BCUT2D eigenvalue weighted by molar-refractivity contribution is 5.78. The van der Waals surface area contributed by atoms with E-state index in [1.807, 2.05) is 0 Å². The Labute approximate surface area is 109 Å². The van der Waals surface area contributed by atoms with E-state index in [1.165, 1.54) is 7.11 Å². The van der Waals surface area contributed by atoms with Crippen molar-refractivity contribution in [1.82, 2.24) is 9.80 Å². The number of amides is 1. The molecule has 112 valence electrons. The van der Waals surface area contributed by atoms with Crippen molar-refractivity contribution in [2.75, 3.05) is 40.4 Å². The Bertz CT molecular complexity index is 312. The van der Waals surface area contributed by atoms with Gasteiger partial charge >= 0.3 is 6.18 Å². The Kier molecular flexibility index (Phi) is 5.57. The highest BCUT2D eigenvalue weighted by atomic mass is 19.4. The fourth-order valence-corrected chi connectivity index (χ4v) is 2.14. The molecular weight excluding hydrogens is 265 g/mol. The molecule has 0 spiro atoms. The molecule has 0 aromatic heterocycles. The number of nitrogens with zero attached hydrogens (tertiary/aromatic N) is 2. The van der Waals surface area contributed by atoms with E-state index in [1.54, 1.807) is 4.90 Å². The Morgan fingerprint density at radius 3 is 2.63 bits per heavy atom. The molecule has 0 aromatic carbocycles. The molecule has 1 amide bonds. The van der Waals surface area contributed by atoms with E-state index in [-0.39, 0.29) is 25.3 Å². The number of rotatable bonds is 5. The standard InChI is InChI=1S/C11H19F3N2O3/c1-15(7-11(12,13)14)10(18)5-16-4-9(19-2)3-8(16)6-17/h8-9,17H,3-7H2,1-2H3/t8-,9-/m0/s1. The second-order valence-corrected chi connectivity index (χ2v) is 4.72. The minimum Gasteiger partial charge on any atom is -0.395 e. The van der Waals surface area contributed by atoms with Gasteiger partial charge < -0.3 is 14.7 Å². The van der Waals surface area contributed by atoms with Crippen LogP contribution in [0.5, 0.6) is 0 Å². The fraction of sp³-hybridized carbons (Fsp3) is 0.909. The normalized spacial score (nSPS) is 24.7. The van der Waals surface area contributed by atoms with Crippen molar-refractivity contribution in [2.45, 2.75) is 24.7 Å². The number of hydrogen-bond donors (Lipinski definition) is 1. The zero-order chi connectivity index (χ0) is 14.6. The average molecular weight is 284 g/mol. The summed E-state index contributed by atoms with van der Waals surface area (Å²) < 4.78 is 41.7. The summed E-state index contributed by atoms with van der Waals surface area (Å²) in [5, 5.41) is 9.19. The van der Waals surface area contributed by atoms with Gasteiger partial charge in [0.05, 0.1) is 19.3 Å². The summed E-state index contributed by atoms with van der Waals surface area (Å²) in [6, 6.07) is -0.242. The molecule has 0 aliphatic carbocycles. The third-order valence-electron chi connectivity index (χ3n) is 3.21. The second-order valence-electron chi connectivity index (χ2n) is 4.72. The molecule has 19 heavy (non-hydrogen) atoms. The predicted molar refractivity (Wildman–Crippen MR) is 61.6 cm³/mol. The Morgan fingerprint density at radius 2 is 2.16 bits per heavy atom. The number of carbonyl (C=O) groups excluding carboxylic acids is 1. The number of aliphatic hydroxyl groups is 1. The van der Waals surface area contributed by atoms with E-state index in [2.05, 4.69) is 0 Å². The van der Waals surface area contributed by atoms with Gasteiger partial charge in [-0.3, -0.25) is 9.69 Å². The summed E-state index contributed by atoms with van der Waals surface area (Å²) in [5.41, 5.74) is 0. The lowest BCUT2D eigenvalue weighted by Crippen LogP contribution is -2.44. The average Bonchev–Trinajstić information content (AvgIpc) is 2.69. The van der Waals surface area contributed by atoms with Crippen molar-refractivity contribution in [2.24, 2.45) is 0 Å². The van der Waals surface area contributed by atoms with Crippen LogP contribution in [0, 0.1) is 0 Å². The van der Waals surface area contributed by atoms with E-state index in [0.29, 0.717) is 17.9 Å². The van der Waals surface area contributed by atoms with E-state index >= 15 is 0 Å². The van der Waals surface area contributed by atoms with E-state index in [0.717, 1.165) is 7.05 Å². The summed E-state index contributed by atoms with van der Waals surface area (Å²) in [6.07, 6.45) is -3.93. The van der Waals surface area contributed by atoms with Gasteiger partial charge in [0.2, 0.25) is 5.91 Å². The summed E-state index contributed by atoms with van der Waals surface area (Å²) in [6.45, 7) is -1.11. The lowest BCUT2D eigenvalue weighted by molar-refractivity contribution is -0.159. The maximum atomic E-state index is 12.2. The van der Waals surface area contributed by atoms with Gasteiger partial charge in [-0.15, -0.1) is 0 Å². The lowest BCUT2D eigenvalue weighted by atomic mass is 10.2. The number of likely N-dealkylation sites (tertiary alicyclic amines) is 1. The summed E-state index contributed by atoms with van der Waals surface area (Å²) in [4.78, 5) is 14.0. The first-order valence-corrected chi connectivity index (χ1v) is 5.95. The maximum absolute atomic E-state index is 12.2. The summed E-state index contributed by atoms with van der Waals surface area (Å²) in [5.74, 6) is -0.618. The minimum absolute atomic E-state index is 0.0992. The smallest absolute Gasteiger partial charge is 0.395 e. The molecule has 1 rings (SSSR count). The van der Waals surface area contributed by atoms with Crippen LogP contribution in [-0.2, 0) is 9.53 Å². The topological polar surface area (TPSA) is 53.0 Å². The van der Waals surface area contributed by atoms with Crippen LogP contribution in [0.4, 0.5) is 13.2 Å². The van der Waals surface area contributed by atoms with Gasteiger partial charge in [0.15, 0.2) is 0 Å². The van der Waals surface area contributed by atoms with Gasteiger partial charge in [-0.1, -0.05) is 0 Å². The molecule has 1 saturated heterocycles. The zero-order valence-electron chi connectivity index (χ0n) is 11.0. The number of hydrogen-bond acceptors (Lipinski definition) is 4.